The van der Waals surface area contributed by atoms with Gasteiger partial charge in [-0.2, -0.15) is 0 Å². The second kappa shape index (κ2) is 13.8. The molecule has 0 aliphatic carbocycles. The SMILES string of the molecule is CCNC(=NCCC(OCC)C(C)C)NCCc1ncc(C)s1.I. The van der Waals surface area contributed by atoms with E-state index in [9.17, 15) is 0 Å². The molecule has 0 aliphatic heterocycles. The van der Waals surface area contributed by atoms with Crippen LogP contribution in [0.15, 0.2) is 11.2 Å². The molecule has 1 rings (SSSR count). The van der Waals surface area contributed by atoms with Crippen LogP contribution in [-0.2, 0) is 11.2 Å². The zero-order valence-corrected chi connectivity index (χ0v) is 18.7. The molecule has 0 spiro atoms. The van der Waals surface area contributed by atoms with Crippen molar-refractivity contribution in [3.63, 3.8) is 0 Å². The Morgan fingerprint density at radius 3 is 2.62 bits per heavy atom. The fourth-order valence-electron chi connectivity index (χ4n) is 2.27. The minimum absolute atomic E-state index is 0. The van der Waals surface area contributed by atoms with E-state index in [0.29, 0.717) is 5.92 Å². The molecule has 7 heteroatoms. The van der Waals surface area contributed by atoms with Crippen molar-refractivity contribution >= 4 is 41.3 Å². The minimum Gasteiger partial charge on any atom is -0.378 e. The summed E-state index contributed by atoms with van der Waals surface area (Å²) >= 11 is 1.76. The fourth-order valence-corrected chi connectivity index (χ4v) is 3.06. The number of rotatable bonds is 10. The molecule has 24 heavy (non-hydrogen) atoms. The molecule has 1 unspecified atom stereocenters. The molecule has 0 bridgehead atoms. The molecule has 0 saturated heterocycles. The maximum atomic E-state index is 5.77. The standard InChI is InChI=1S/C17H32N4OS.HI/c1-6-18-17(19-10-8-15(13(3)4)22-7-2)20-11-9-16-21-12-14(5)23-16;/h12-13,15H,6-11H2,1-5H3,(H2,18,19,20);1H. The molecule has 5 nitrogen and oxygen atoms in total. The Morgan fingerprint density at radius 1 is 1.33 bits per heavy atom. The lowest BCUT2D eigenvalue weighted by Gasteiger charge is -2.20. The molecule has 0 amide bonds. The predicted octanol–water partition coefficient (Wildman–Crippen LogP) is 3.62. The summed E-state index contributed by atoms with van der Waals surface area (Å²) in [6.45, 7) is 13.9. The van der Waals surface area contributed by atoms with E-state index in [1.165, 1.54) is 9.88 Å². The summed E-state index contributed by atoms with van der Waals surface area (Å²) in [6, 6.07) is 0. The Balaban J connectivity index is 0.00000529. The molecule has 1 aromatic rings. The first-order valence-electron chi connectivity index (χ1n) is 8.61. The van der Waals surface area contributed by atoms with Gasteiger partial charge >= 0.3 is 0 Å². The Bertz CT molecular complexity index is 465. The monoisotopic (exact) mass is 468 g/mol. The number of hydrogen-bond donors (Lipinski definition) is 2. The van der Waals surface area contributed by atoms with Gasteiger partial charge in [0.2, 0.25) is 0 Å². The normalized spacial score (nSPS) is 12.8. The number of aliphatic imine (C=N–C) groups is 1. The third-order valence-corrected chi connectivity index (χ3v) is 4.43. The molecular weight excluding hydrogens is 435 g/mol. The van der Waals surface area contributed by atoms with E-state index >= 15 is 0 Å². The van der Waals surface area contributed by atoms with Crippen molar-refractivity contribution in [3.8, 4) is 0 Å². The highest BCUT2D eigenvalue weighted by molar-refractivity contribution is 14.0. The van der Waals surface area contributed by atoms with Crippen molar-refractivity contribution < 1.29 is 4.74 Å². The van der Waals surface area contributed by atoms with Gasteiger partial charge in [-0.3, -0.25) is 4.99 Å². The Kier molecular flexibility index (Phi) is 13.6. The van der Waals surface area contributed by atoms with Crippen LogP contribution in [0.1, 0.15) is 44.0 Å². The van der Waals surface area contributed by atoms with Crippen molar-refractivity contribution in [1.29, 1.82) is 0 Å². The largest absolute Gasteiger partial charge is 0.378 e. The lowest BCUT2D eigenvalue weighted by molar-refractivity contribution is 0.0266. The highest BCUT2D eigenvalue weighted by Crippen LogP contribution is 2.11. The van der Waals surface area contributed by atoms with E-state index < -0.39 is 0 Å². The number of halogens is 1. The first-order chi connectivity index (χ1) is 11.1. The summed E-state index contributed by atoms with van der Waals surface area (Å²) in [4.78, 5) is 10.3. The van der Waals surface area contributed by atoms with Crippen LogP contribution >= 0.6 is 35.3 Å². The van der Waals surface area contributed by atoms with Gasteiger partial charge < -0.3 is 15.4 Å². The topological polar surface area (TPSA) is 58.5 Å². The first kappa shape index (κ1) is 23.6. The lowest BCUT2D eigenvalue weighted by Crippen LogP contribution is -2.38. The van der Waals surface area contributed by atoms with Crippen molar-refractivity contribution in [2.75, 3.05) is 26.2 Å². The average Bonchev–Trinajstić information content (AvgIpc) is 2.91. The smallest absolute Gasteiger partial charge is 0.191 e. The van der Waals surface area contributed by atoms with Gasteiger partial charge in [0.05, 0.1) is 11.1 Å². The minimum atomic E-state index is 0. The van der Waals surface area contributed by atoms with Crippen LogP contribution in [0.4, 0.5) is 0 Å². The number of guanidine groups is 1. The molecule has 1 heterocycles. The van der Waals surface area contributed by atoms with Crippen LogP contribution in [0.3, 0.4) is 0 Å². The predicted molar refractivity (Wildman–Crippen MR) is 115 cm³/mol. The Morgan fingerprint density at radius 2 is 2.08 bits per heavy atom. The second-order valence-corrected chi connectivity index (χ2v) is 7.15. The van der Waals surface area contributed by atoms with Crippen molar-refractivity contribution in [2.24, 2.45) is 10.9 Å². The third-order valence-electron chi connectivity index (χ3n) is 3.45. The van der Waals surface area contributed by atoms with Crippen LogP contribution in [0.2, 0.25) is 0 Å². The molecule has 0 aromatic carbocycles. The Labute approximate surface area is 168 Å². The van der Waals surface area contributed by atoms with Crippen molar-refractivity contribution in [1.82, 2.24) is 15.6 Å². The van der Waals surface area contributed by atoms with Gasteiger partial charge in [0.25, 0.3) is 0 Å². The molecule has 0 aliphatic rings. The molecule has 0 saturated carbocycles. The second-order valence-electron chi connectivity index (χ2n) is 5.83. The molecule has 1 aromatic heterocycles. The maximum Gasteiger partial charge on any atom is 0.191 e. The van der Waals surface area contributed by atoms with E-state index in [-0.39, 0.29) is 30.1 Å². The molecule has 1 atom stereocenters. The highest BCUT2D eigenvalue weighted by atomic mass is 127. The fraction of sp³-hybridized carbons (Fsp3) is 0.765. The van der Waals surface area contributed by atoms with Gasteiger partial charge in [-0.05, 0) is 33.1 Å². The van der Waals surface area contributed by atoms with Crippen LogP contribution in [0.5, 0.6) is 0 Å². The van der Waals surface area contributed by atoms with Crippen LogP contribution < -0.4 is 10.6 Å². The van der Waals surface area contributed by atoms with Gasteiger partial charge in [-0.1, -0.05) is 13.8 Å². The first-order valence-corrected chi connectivity index (χ1v) is 9.43. The quantitative estimate of drug-likeness (QED) is 0.313. The zero-order valence-electron chi connectivity index (χ0n) is 15.6. The van der Waals surface area contributed by atoms with Gasteiger partial charge in [0, 0.05) is 43.7 Å². The molecular formula is C17H33IN4OS. The van der Waals surface area contributed by atoms with Crippen LogP contribution in [0, 0.1) is 12.8 Å². The third kappa shape index (κ3) is 9.78. The molecule has 0 radical (unpaired) electrons. The molecule has 140 valence electrons. The van der Waals surface area contributed by atoms with Crippen LogP contribution in [-0.4, -0.2) is 43.3 Å². The van der Waals surface area contributed by atoms with E-state index in [1.807, 2.05) is 13.1 Å². The highest BCUT2D eigenvalue weighted by Gasteiger charge is 2.12. The summed E-state index contributed by atoms with van der Waals surface area (Å²) in [7, 11) is 0. The number of thiazole rings is 1. The number of nitrogens with one attached hydrogen (secondary N) is 2. The number of aryl methyl sites for hydroxylation is 1. The van der Waals surface area contributed by atoms with E-state index in [2.05, 4.69) is 48.3 Å². The van der Waals surface area contributed by atoms with Crippen molar-refractivity contribution in [2.45, 2.75) is 53.6 Å². The summed E-state index contributed by atoms with van der Waals surface area (Å²) in [6.07, 6.45) is 4.09. The Hall–Kier alpha value is -0.410. The average molecular weight is 468 g/mol. The number of hydrogen-bond acceptors (Lipinski definition) is 4. The summed E-state index contributed by atoms with van der Waals surface area (Å²) in [5, 5.41) is 7.84. The van der Waals surface area contributed by atoms with Gasteiger partial charge in [0.15, 0.2) is 5.96 Å². The lowest BCUT2D eigenvalue weighted by atomic mass is 10.0. The number of ether oxygens (including phenoxy) is 1. The maximum absolute atomic E-state index is 5.77. The van der Waals surface area contributed by atoms with Gasteiger partial charge in [0.1, 0.15) is 0 Å². The number of aromatic nitrogens is 1. The summed E-state index contributed by atoms with van der Waals surface area (Å²) in [5.41, 5.74) is 0. The molecule has 0 fully saturated rings. The summed E-state index contributed by atoms with van der Waals surface area (Å²) in [5.74, 6) is 1.40. The van der Waals surface area contributed by atoms with Gasteiger partial charge in [-0.15, -0.1) is 35.3 Å². The van der Waals surface area contributed by atoms with Crippen molar-refractivity contribution in [3.05, 3.63) is 16.1 Å². The zero-order chi connectivity index (χ0) is 17.1. The summed E-state index contributed by atoms with van der Waals surface area (Å²) < 4.78 is 5.77. The van der Waals surface area contributed by atoms with Gasteiger partial charge in [-0.25, -0.2) is 4.98 Å². The van der Waals surface area contributed by atoms with E-state index in [4.69, 9.17) is 4.74 Å². The van der Waals surface area contributed by atoms with E-state index in [0.717, 1.165) is 45.0 Å². The van der Waals surface area contributed by atoms with E-state index in [1.54, 1.807) is 11.3 Å². The number of nitrogens with zero attached hydrogens (tertiary/aromatic N) is 2. The molecule has 2 N–H and O–H groups in total. The van der Waals surface area contributed by atoms with Crippen LogP contribution in [0.25, 0.3) is 0 Å².